The second kappa shape index (κ2) is 4.77. The van der Waals surface area contributed by atoms with Gasteiger partial charge in [0, 0.05) is 5.56 Å². The van der Waals surface area contributed by atoms with E-state index in [1.165, 1.54) is 12.8 Å². The molecule has 0 bridgehead atoms. The summed E-state index contributed by atoms with van der Waals surface area (Å²) < 4.78 is 7.22. The van der Waals surface area contributed by atoms with Crippen LogP contribution in [-0.2, 0) is 5.54 Å². The van der Waals surface area contributed by atoms with Gasteiger partial charge in [0.05, 0.1) is 18.3 Å². The quantitative estimate of drug-likeness (QED) is 0.867. The average Bonchev–Trinajstić information content (AvgIpc) is 3.09. The number of aromatic nitrogens is 4. The van der Waals surface area contributed by atoms with Gasteiger partial charge in [-0.15, -0.1) is 5.10 Å². The average molecular weight is 273 g/mol. The molecule has 1 heterocycles. The van der Waals surface area contributed by atoms with Crippen molar-refractivity contribution in [3.63, 3.8) is 0 Å². The predicted molar refractivity (Wildman–Crippen MR) is 76.3 cm³/mol. The highest BCUT2D eigenvalue weighted by atomic mass is 16.5. The number of nitrogens with two attached hydrogens (primary N) is 1. The Morgan fingerprint density at radius 1 is 1.30 bits per heavy atom. The molecule has 0 atom stereocenters. The molecule has 1 saturated carbocycles. The van der Waals surface area contributed by atoms with Crippen LogP contribution in [0, 0.1) is 0 Å². The molecule has 1 aliphatic carbocycles. The Bertz CT molecular complexity index is 616. The maximum absolute atomic E-state index is 5.86. The molecule has 1 aromatic carbocycles. The third-order valence-electron chi connectivity index (χ3n) is 4.15. The normalized spacial score (nSPS) is 17.3. The van der Waals surface area contributed by atoms with Crippen molar-refractivity contribution >= 4 is 5.69 Å². The van der Waals surface area contributed by atoms with Crippen molar-refractivity contribution in [2.24, 2.45) is 0 Å². The molecule has 1 aliphatic rings. The zero-order valence-electron chi connectivity index (χ0n) is 11.8. The van der Waals surface area contributed by atoms with Crippen molar-refractivity contribution in [2.45, 2.75) is 38.1 Å². The summed E-state index contributed by atoms with van der Waals surface area (Å²) in [6, 6.07) is 5.64. The van der Waals surface area contributed by atoms with E-state index >= 15 is 0 Å². The van der Waals surface area contributed by atoms with Crippen LogP contribution >= 0.6 is 0 Å². The summed E-state index contributed by atoms with van der Waals surface area (Å²) in [4.78, 5) is 0. The van der Waals surface area contributed by atoms with Crippen LogP contribution < -0.4 is 10.5 Å². The highest BCUT2D eigenvalue weighted by Gasteiger charge is 2.34. The first kappa shape index (κ1) is 12.9. The molecule has 20 heavy (non-hydrogen) atoms. The second-order valence-corrected chi connectivity index (χ2v) is 5.58. The molecule has 0 amide bonds. The lowest BCUT2D eigenvalue weighted by molar-refractivity contribution is 0.292. The minimum absolute atomic E-state index is 0.00740. The van der Waals surface area contributed by atoms with Gasteiger partial charge in [-0.25, -0.2) is 4.68 Å². The number of tetrazole rings is 1. The minimum atomic E-state index is 0.00740. The molecule has 2 N–H and O–H groups in total. The zero-order chi connectivity index (χ0) is 14.2. The topological polar surface area (TPSA) is 78.9 Å². The second-order valence-electron chi connectivity index (χ2n) is 5.58. The first-order valence-corrected chi connectivity index (χ1v) is 6.87. The first-order valence-electron chi connectivity index (χ1n) is 6.87. The van der Waals surface area contributed by atoms with Crippen LogP contribution in [-0.4, -0.2) is 27.3 Å². The predicted octanol–water partition coefficient (Wildman–Crippen LogP) is 2.22. The molecule has 1 fully saturated rings. The largest absolute Gasteiger partial charge is 0.495 e. The molecule has 1 aromatic heterocycles. The van der Waals surface area contributed by atoms with Gasteiger partial charge in [0.1, 0.15) is 5.75 Å². The Kier molecular flexibility index (Phi) is 3.08. The maximum atomic E-state index is 5.86. The van der Waals surface area contributed by atoms with Crippen molar-refractivity contribution in [3.05, 3.63) is 18.2 Å². The molecule has 0 spiro atoms. The standard InChI is InChI=1S/C14H19N5O/c1-14(7-3-4-8-14)19-13(16-17-18-19)10-5-6-11(15)12(9-10)20-2/h5-6,9H,3-4,7-8,15H2,1-2H3. The minimum Gasteiger partial charge on any atom is -0.495 e. The van der Waals surface area contributed by atoms with Gasteiger partial charge in [0.2, 0.25) is 0 Å². The van der Waals surface area contributed by atoms with Gasteiger partial charge in [0.25, 0.3) is 0 Å². The molecule has 3 rings (SSSR count). The van der Waals surface area contributed by atoms with Gasteiger partial charge in [-0.3, -0.25) is 0 Å². The number of anilines is 1. The van der Waals surface area contributed by atoms with Crippen LogP contribution in [0.1, 0.15) is 32.6 Å². The number of nitrogen functional groups attached to an aromatic ring is 1. The smallest absolute Gasteiger partial charge is 0.182 e. The molecule has 2 aromatic rings. The van der Waals surface area contributed by atoms with Crippen molar-refractivity contribution < 1.29 is 4.74 Å². The number of rotatable bonds is 3. The molecule has 0 aliphatic heterocycles. The highest BCUT2D eigenvalue weighted by molar-refractivity contribution is 5.65. The van der Waals surface area contributed by atoms with E-state index in [9.17, 15) is 0 Å². The number of hydrogen-bond acceptors (Lipinski definition) is 5. The van der Waals surface area contributed by atoms with Gasteiger partial charge in [-0.2, -0.15) is 0 Å². The van der Waals surface area contributed by atoms with Crippen LogP contribution in [0.5, 0.6) is 5.75 Å². The Morgan fingerprint density at radius 3 is 2.75 bits per heavy atom. The van der Waals surface area contributed by atoms with E-state index in [0.29, 0.717) is 11.4 Å². The fraction of sp³-hybridized carbons (Fsp3) is 0.500. The summed E-state index contributed by atoms with van der Waals surface area (Å²) >= 11 is 0. The molecular formula is C14H19N5O. The molecule has 0 unspecified atom stereocenters. The van der Waals surface area contributed by atoms with Gasteiger partial charge in [-0.05, 0) is 48.4 Å². The SMILES string of the molecule is COc1cc(-c2nnnn2C2(C)CCCC2)ccc1N. The van der Waals surface area contributed by atoms with Crippen LogP contribution in [0.3, 0.4) is 0 Å². The lowest BCUT2D eigenvalue weighted by Gasteiger charge is -2.24. The number of hydrogen-bond donors (Lipinski definition) is 1. The van der Waals surface area contributed by atoms with Crippen molar-refractivity contribution in [3.8, 4) is 17.1 Å². The van der Waals surface area contributed by atoms with E-state index in [2.05, 4.69) is 22.4 Å². The molecule has 6 heteroatoms. The number of benzene rings is 1. The number of ether oxygens (including phenoxy) is 1. The van der Waals surface area contributed by atoms with E-state index in [4.69, 9.17) is 10.5 Å². The summed E-state index contributed by atoms with van der Waals surface area (Å²) in [5.74, 6) is 1.42. The summed E-state index contributed by atoms with van der Waals surface area (Å²) in [7, 11) is 1.61. The van der Waals surface area contributed by atoms with E-state index in [-0.39, 0.29) is 5.54 Å². The highest BCUT2D eigenvalue weighted by Crippen LogP contribution is 2.38. The van der Waals surface area contributed by atoms with E-state index in [0.717, 1.165) is 24.2 Å². The van der Waals surface area contributed by atoms with Crippen molar-refractivity contribution in [1.29, 1.82) is 0 Å². The van der Waals surface area contributed by atoms with Gasteiger partial charge >= 0.3 is 0 Å². The summed E-state index contributed by atoms with van der Waals surface area (Å²) in [5, 5.41) is 12.3. The molecule has 0 saturated heterocycles. The summed E-state index contributed by atoms with van der Waals surface area (Å²) in [6.07, 6.45) is 4.66. The molecule has 0 radical (unpaired) electrons. The van der Waals surface area contributed by atoms with Crippen LogP contribution in [0.25, 0.3) is 11.4 Å². The van der Waals surface area contributed by atoms with Gasteiger partial charge in [0.15, 0.2) is 5.82 Å². The van der Waals surface area contributed by atoms with Gasteiger partial charge < -0.3 is 10.5 Å². The molecule has 6 nitrogen and oxygen atoms in total. The Labute approximate surface area is 117 Å². The van der Waals surface area contributed by atoms with Crippen molar-refractivity contribution in [2.75, 3.05) is 12.8 Å². The van der Waals surface area contributed by atoms with E-state index in [1.807, 2.05) is 22.9 Å². The Hall–Kier alpha value is -2.11. The lowest BCUT2D eigenvalue weighted by atomic mass is 10.0. The van der Waals surface area contributed by atoms with E-state index < -0.39 is 0 Å². The summed E-state index contributed by atoms with van der Waals surface area (Å²) in [6.45, 7) is 2.22. The monoisotopic (exact) mass is 273 g/mol. The number of methoxy groups -OCH3 is 1. The van der Waals surface area contributed by atoms with Crippen LogP contribution in [0.4, 0.5) is 5.69 Å². The fourth-order valence-corrected chi connectivity index (χ4v) is 2.93. The molecule has 106 valence electrons. The number of nitrogens with zero attached hydrogens (tertiary/aromatic N) is 4. The van der Waals surface area contributed by atoms with Crippen LogP contribution in [0.2, 0.25) is 0 Å². The Morgan fingerprint density at radius 2 is 2.05 bits per heavy atom. The summed E-state index contributed by atoms with van der Waals surface area (Å²) in [5.41, 5.74) is 7.40. The lowest BCUT2D eigenvalue weighted by Crippen LogP contribution is -2.28. The third kappa shape index (κ3) is 2.01. The molecular weight excluding hydrogens is 254 g/mol. The first-order chi connectivity index (χ1) is 9.64. The van der Waals surface area contributed by atoms with Crippen LogP contribution in [0.15, 0.2) is 18.2 Å². The third-order valence-corrected chi connectivity index (χ3v) is 4.15. The van der Waals surface area contributed by atoms with Gasteiger partial charge in [-0.1, -0.05) is 12.8 Å². The maximum Gasteiger partial charge on any atom is 0.182 e. The van der Waals surface area contributed by atoms with Crippen molar-refractivity contribution in [1.82, 2.24) is 20.2 Å². The Balaban J connectivity index is 2.05. The zero-order valence-corrected chi connectivity index (χ0v) is 11.8. The fourth-order valence-electron chi connectivity index (χ4n) is 2.93. The van der Waals surface area contributed by atoms with E-state index in [1.54, 1.807) is 7.11 Å².